The molecule has 0 amide bonds. The fraction of sp³-hybridized carbons (Fsp3) is 0. The lowest BCUT2D eigenvalue weighted by Gasteiger charge is -2.12. The Hall–Kier alpha value is -17.6. The van der Waals surface area contributed by atoms with Crippen molar-refractivity contribution in [2.45, 2.75) is 0 Å². The number of pyridine rings is 9. The quantitative estimate of drug-likeness (QED) is 0.0984. The summed E-state index contributed by atoms with van der Waals surface area (Å²) in [5, 5.41) is 7.10. The molecule has 0 spiro atoms. The highest BCUT2D eigenvalue weighted by molar-refractivity contribution is 6.11. The maximum atomic E-state index is 5.09. The predicted molar refractivity (Wildman–Crippen MR) is 528 cm³/mol. The van der Waals surface area contributed by atoms with E-state index in [1.54, 1.807) is 0 Å². The molecule has 0 fully saturated rings. The molecule has 12 heteroatoms. The Labute approximate surface area is 745 Å². The van der Waals surface area contributed by atoms with Crippen LogP contribution in [0.5, 0.6) is 0 Å². The van der Waals surface area contributed by atoms with Crippen LogP contribution in [0.2, 0.25) is 0 Å². The van der Waals surface area contributed by atoms with E-state index in [4.69, 9.17) is 19.9 Å². The van der Waals surface area contributed by atoms with Crippen molar-refractivity contribution >= 4 is 65.5 Å². The third-order valence-corrected chi connectivity index (χ3v) is 23.8. The van der Waals surface area contributed by atoms with Gasteiger partial charge in [-0.1, -0.05) is 255 Å². The van der Waals surface area contributed by atoms with Crippen LogP contribution in [0.25, 0.3) is 217 Å². The second-order valence-corrected chi connectivity index (χ2v) is 31.7. The Morgan fingerprint density at radius 2 is 0.450 bits per heavy atom. The molecule has 0 radical (unpaired) electrons. The van der Waals surface area contributed by atoms with E-state index in [1.165, 1.54) is 54.9 Å². The summed E-state index contributed by atoms with van der Waals surface area (Å²) in [5.41, 5.74) is 34.6. The van der Waals surface area contributed by atoms with Gasteiger partial charge in [0.1, 0.15) is 5.65 Å². The number of benzene rings is 12. The largest absolute Gasteiger partial charge is 0.309 e. The van der Waals surface area contributed by atoms with Gasteiger partial charge in [0.05, 0.1) is 85.0 Å². The maximum absolute atomic E-state index is 5.09. The molecule has 12 heterocycles. The first-order chi connectivity index (χ1) is 63.9. The number of rotatable bonds is 15. The summed E-state index contributed by atoms with van der Waals surface area (Å²) in [4.78, 5) is 42.7. The van der Waals surface area contributed by atoms with E-state index in [2.05, 4.69) is 384 Å². The standard InChI is InChI=1S/3C39H26N4/c1-2-10-27(11-3-1)29-12-8-13-30(24-29)31-25-36(42-37(26-31)35-16-6-7-22-40-35)28-18-20-32(21-19-28)43-38-17-5-4-14-33(38)34-15-9-23-41-39(34)43;1-2-9-27(10-3-1)29-11-8-12-30(23-29)31-24-36(42-37(25-31)35-14-6-7-21-41-35)28-16-18-32(19-17-28)43-38-15-5-4-13-33(38)34-26-40-22-20-39(34)43;1-2-9-27(10-3-1)29-11-8-12-30(23-29)31-24-36(42-37(25-31)35-14-6-7-21-41-35)28-16-18-32(19-17-28)43-38-15-5-4-13-33(38)34-20-22-40-26-39(34)43/h3*1-26H. The lowest BCUT2D eigenvalue weighted by atomic mass is 9.97. The highest BCUT2D eigenvalue weighted by atomic mass is 15.0. The van der Waals surface area contributed by atoms with E-state index in [-0.39, 0.29) is 0 Å². The maximum Gasteiger partial charge on any atom is 0.145 e. The SMILES string of the molecule is c1ccc(-c2cccc(-c3cc(-c4ccc(-n5c6ccccc6c6cccnc65)cc4)nc(-c4ccccn4)c3)c2)cc1.c1ccc(-c2cccc(-c3cc(-c4ccc(-n5c6ccccc6c6ccncc65)cc4)nc(-c4ccccn4)c3)c2)cc1.c1ccc(-c2cccc(-c3cc(-c4ccc(-n5c6ccccc6c6cnccc65)cc4)nc(-c4ccccn4)c3)c2)cc1. The van der Waals surface area contributed by atoms with E-state index >= 15 is 0 Å². The third-order valence-electron chi connectivity index (χ3n) is 23.8. The van der Waals surface area contributed by atoms with Crippen LogP contribution in [-0.4, -0.2) is 58.6 Å². The second-order valence-electron chi connectivity index (χ2n) is 31.7. The highest BCUT2D eigenvalue weighted by Gasteiger charge is 2.21. The fourth-order valence-corrected chi connectivity index (χ4v) is 17.6. The van der Waals surface area contributed by atoms with Crippen molar-refractivity contribution in [1.82, 2.24) is 58.6 Å². The van der Waals surface area contributed by atoms with E-state index in [9.17, 15) is 0 Å². The van der Waals surface area contributed by atoms with Crippen LogP contribution in [0.4, 0.5) is 0 Å². The summed E-state index contributed by atoms with van der Waals surface area (Å²) in [6.45, 7) is 0. The molecule has 12 aromatic carbocycles. The van der Waals surface area contributed by atoms with E-state index in [0.29, 0.717) is 0 Å². The van der Waals surface area contributed by atoms with Gasteiger partial charge >= 0.3 is 0 Å². The van der Waals surface area contributed by atoms with Crippen LogP contribution in [0.3, 0.4) is 0 Å². The van der Waals surface area contributed by atoms with Crippen LogP contribution in [0.15, 0.2) is 474 Å². The highest BCUT2D eigenvalue weighted by Crippen LogP contribution is 2.41. The molecule has 12 aromatic heterocycles. The van der Waals surface area contributed by atoms with Crippen molar-refractivity contribution in [3.05, 3.63) is 474 Å². The van der Waals surface area contributed by atoms with Crippen LogP contribution < -0.4 is 0 Å². The monoisotopic (exact) mass is 1650 g/mol. The molecule has 0 saturated heterocycles. The van der Waals surface area contributed by atoms with Crippen molar-refractivity contribution in [3.8, 4) is 152 Å². The first kappa shape index (κ1) is 77.4. The molecule has 0 aliphatic heterocycles. The number of para-hydroxylation sites is 3. The Kier molecular flexibility index (Phi) is 20.8. The summed E-state index contributed by atoms with van der Waals surface area (Å²) in [6, 6.07) is 148. The summed E-state index contributed by atoms with van der Waals surface area (Å²) in [6.07, 6.45) is 14.9. The molecule has 0 aliphatic rings. The number of fused-ring (bicyclic) bond motifs is 9. The molecule has 0 unspecified atom stereocenters. The lowest BCUT2D eigenvalue weighted by molar-refractivity contribution is 1.13. The first-order valence-electron chi connectivity index (χ1n) is 43.1. The average Bonchev–Trinajstić information content (AvgIpc) is 1.63. The van der Waals surface area contributed by atoms with E-state index in [0.717, 1.165) is 162 Å². The van der Waals surface area contributed by atoms with Crippen molar-refractivity contribution < 1.29 is 0 Å². The Morgan fingerprint density at radius 3 is 0.868 bits per heavy atom. The van der Waals surface area contributed by atoms with Crippen molar-refractivity contribution in [2.75, 3.05) is 0 Å². The van der Waals surface area contributed by atoms with Gasteiger partial charge in [0.15, 0.2) is 0 Å². The normalized spacial score (nSPS) is 11.3. The van der Waals surface area contributed by atoms with Gasteiger partial charge < -0.3 is 9.13 Å². The van der Waals surface area contributed by atoms with Crippen LogP contribution in [0.1, 0.15) is 0 Å². The summed E-state index contributed by atoms with van der Waals surface area (Å²) in [7, 11) is 0. The van der Waals surface area contributed by atoms with E-state index < -0.39 is 0 Å². The molecule has 0 N–H and O–H groups in total. The number of nitrogens with zero attached hydrogens (tertiary/aromatic N) is 12. The minimum atomic E-state index is 0.842. The van der Waals surface area contributed by atoms with Gasteiger partial charge in [-0.15, -0.1) is 0 Å². The second kappa shape index (κ2) is 34.6. The number of aromatic nitrogens is 12. The predicted octanol–water partition coefficient (Wildman–Crippen LogP) is 28.9. The minimum absolute atomic E-state index is 0.842. The zero-order valence-electron chi connectivity index (χ0n) is 69.9. The molecule has 129 heavy (non-hydrogen) atoms. The summed E-state index contributed by atoms with van der Waals surface area (Å²) >= 11 is 0. The van der Waals surface area contributed by atoms with Crippen molar-refractivity contribution in [1.29, 1.82) is 0 Å². The molecule has 24 rings (SSSR count). The first-order valence-corrected chi connectivity index (χ1v) is 43.1. The summed E-state index contributed by atoms with van der Waals surface area (Å²) < 4.78 is 6.81. The van der Waals surface area contributed by atoms with Gasteiger partial charge in [-0.3, -0.25) is 29.5 Å². The van der Waals surface area contributed by atoms with Crippen molar-refractivity contribution in [2.24, 2.45) is 0 Å². The Bertz CT molecular complexity index is 7260. The number of hydrogen-bond acceptors (Lipinski definition) is 9. The molecule has 0 atom stereocenters. The molecule has 0 aliphatic carbocycles. The van der Waals surface area contributed by atoms with E-state index in [1.807, 2.05) is 128 Å². The van der Waals surface area contributed by atoms with Crippen molar-refractivity contribution in [3.63, 3.8) is 0 Å². The minimum Gasteiger partial charge on any atom is -0.309 e. The molecule has 24 aromatic rings. The van der Waals surface area contributed by atoms with Crippen LogP contribution >= 0.6 is 0 Å². The van der Waals surface area contributed by atoms with Gasteiger partial charge in [0.25, 0.3) is 0 Å². The summed E-state index contributed by atoms with van der Waals surface area (Å²) in [5.74, 6) is 0. The lowest BCUT2D eigenvalue weighted by Crippen LogP contribution is -1.96. The molecule has 606 valence electrons. The molecular formula is C117H78N12. The number of hydrogen-bond donors (Lipinski definition) is 0. The van der Waals surface area contributed by atoms with Crippen LogP contribution in [0, 0.1) is 0 Å². The molecule has 12 nitrogen and oxygen atoms in total. The Balaban J connectivity index is 0.000000114. The average molecular weight is 1650 g/mol. The van der Waals surface area contributed by atoms with Gasteiger partial charge in [-0.05, 0) is 237 Å². The van der Waals surface area contributed by atoms with Gasteiger partial charge in [-0.25, -0.2) is 19.9 Å². The molecular weight excluding hydrogens is 1570 g/mol. The van der Waals surface area contributed by atoms with Gasteiger partial charge in [-0.2, -0.15) is 0 Å². The molecule has 0 bridgehead atoms. The zero-order chi connectivity index (χ0) is 85.8. The zero-order valence-corrected chi connectivity index (χ0v) is 69.9. The van der Waals surface area contributed by atoms with Gasteiger partial charge in [0, 0.05) is 109 Å². The van der Waals surface area contributed by atoms with Gasteiger partial charge in [0.2, 0.25) is 0 Å². The topological polar surface area (TPSA) is 131 Å². The smallest absolute Gasteiger partial charge is 0.145 e. The Morgan fingerprint density at radius 1 is 0.147 bits per heavy atom. The van der Waals surface area contributed by atoms with Crippen LogP contribution in [-0.2, 0) is 0 Å². The molecule has 0 saturated carbocycles. The fourth-order valence-electron chi connectivity index (χ4n) is 17.6. The third kappa shape index (κ3) is 15.6.